The summed E-state index contributed by atoms with van der Waals surface area (Å²) in [6.45, 7) is 1.65. The van der Waals surface area contributed by atoms with Crippen LogP contribution in [0.15, 0.2) is 0 Å². The second-order valence-electron chi connectivity index (χ2n) is 2.92. The van der Waals surface area contributed by atoms with E-state index >= 15 is 0 Å². The molecular formula is C7H13BrN2O. The Kier molecular flexibility index (Phi) is 3.17. The number of hydrogen-bond donors (Lipinski definition) is 1. The molecule has 0 unspecified atom stereocenters. The lowest BCUT2D eigenvalue weighted by atomic mass is 10.00. The van der Waals surface area contributed by atoms with Crippen molar-refractivity contribution in [3.8, 4) is 0 Å². The van der Waals surface area contributed by atoms with Crippen LogP contribution >= 0.6 is 15.9 Å². The van der Waals surface area contributed by atoms with Crippen molar-refractivity contribution in [3.05, 3.63) is 0 Å². The molecule has 1 heterocycles. The number of alkyl halides is 1. The third-order valence-electron chi connectivity index (χ3n) is 2.14. The largest absolute Gasteiger partial charge is 0.351 e. The number of rotatable bonds is 1. The monoisotopic (exact) mass is 220 g/mol. The van der Waals surface area contributed by atoms with Crippen molar-refractivity contribution in [3.63, 3.8) is 0 Å². The van der Waals surface area contributed by atoms with Crippen LogP contribution in [0.4, 0.5) is 4.79 Å². The molecule has 1 saturated heterocycles. The van der Waals surface area contributed by atoms with E-state index in [0.717, 1.165) is 37.2 Å². The van der Waals surface area contributed by atoms with Crippen molar-refractivity contribution < 1.29 is 4.79 Å². The molecule has 0 aromatic rings. The topological polar surface area (TPSA) is 46.3 Å². The number of nitrogens with two attached hydrogens (primary N) is 1. The molecule has 0 aromatic carbocycles. The lowest BCUT2D eigenvalue weighted by molar-refractivity contribution is 0.184. The Hall–Kier alpha value is -0.250. The number of urea groups is 1. The Morgan fingerprint density at radius 3 is 2.45 bits per heavy atom. The van der Waals surface area contributed by atoms with Crippen LogP contribution in [0.25, 0.3) is 0 Å². The average Bonchev–Trinajstić information content (AvgIpc) is 2.05. The summed E-state index contributed by atoms with van der Waals surface area (Å²) in [7, 11) is 0. The summed E-state index contributed by atoms with van der Waals surface area (Å²) in [6.07, 6.45) is 2.16. The van der Waals surface area contributed by atoms with Crippen LogP contribution in [0.1, 0.15) is 12.8 Å². The molecule has 64 valence electrons. The molecule has 1 aliphatic heterocycles. The van der Waals surface area contributed by atoms with Crippen LogP contribution in [0, 0.1) is 5.92 Å². The summed E-state index contributed by atoms with van der Waals surface area (Å²) in [5.41, 5.74) is 5.13. The zero-order chi connectivity index (χ0) is 8.27. The van der Waals surface area contributed by atoms with Crippen LogP contribution in [0.2, 0.25) is 0 Å². The van der Waals surface area contributed by atoms with Gasteiger partial charge in [-0.1, -0.05) is 15.9 Å². The maximum atomic E-state index is 10.7. The van der Waals surface area contributed by atoms with E-state index in [0.29, 0.717) is 0 Å². The van der Waals surface area contributed by atoms with Crippen molar-refractivity contribution in [2.75, 3.05) is 18.4 Å². The lowest BCUT2D eigenvalue weighted by Crippen LogP contribution is -2.41. The minimum Gasteiger partial charge on any atom is -0.351 e. The first kappa shape index (κ1) is 8.84. The van der Waals surface area contributed by atoms with Crippen LogP contribution in [-0.4, -0.2) is 29.4 Å². The lowest BCUT2D eigenvalue weighted by Gasteiger charge is -2.29. The van der Waals surface area contributed by atoms with Gasteiger partial charge in [-0.15, -0.1) is 0 Å². The molecule has 3 nitrogen and oxygen atoms in total. The average molecular weight is 221 g/mol. The Labute approximate surface area is 75.1 Å². The van der Waals surface area contributed by atoms with E-state index in [1.807, 2.05) is 0 Å². The summed E-state index contributed by atoms with van der Waals surface area (Å²) < 4.78 is 0. The number of carbonyl (C=O) groups is 1. The van der Waals surface area contributed by atoms with Crippen LogP contribution in [0.3, 0.4) is 0 Å². The zero-order valence-corrected chi connectivity index (χ0v) is 8.01. The molecule has 2 N–H and O–H groups in total. The number of hydrogen-bond acceptors (Lipinski definition) is 1. The fourth-order valence-electron chi connectivity index (χ4n) is 1.31. The fraction of sp³-hybridized carbons (Fsp3) is 0.857. The third kappa shape index (κ3) is 2.36. The molecule has 1 fully saturated rings. The van der Waals surface area contributed by atoms with Gasteiger partial charge < -0.3 is 10.6 Å². The first-order valence-electron chi connectivity index (χ1n) is 3.84. The van der Waals surface area contributed by atoms with E-state index in [1.54, 1.807) is 4.90 Å². The fourth-order valence-corrected chi connectivity index (χ4v) is 1.96. The van der Waals surface area contributed by atoms with Gasteiger partial charge in [0.05, 0.1) is 0 Å². The van der Waals surface area contributed by atoms with Crippen molar-refractivity contribution in [2.45, 2.75) is 12.8 Å². The van der Waals surface area contributed by atoms with E-state index in [2.05, 4.69) is 15.9 Å². The number of nitrogens with zero attached hydrogens (tertiary/aromatic N) is 1. The van der Waals surface area contributed by atoms with E-state index < -0.39 is 0 Å². The Balaban J connectivity index is 2.30. The number of carbonyl (C=O) groups excluding carboxylic acids is 1. The standard InChI is InChI=1S/C7H13BrN2O/c8-5-6-1-3-10(4-2-6)7(9)11/h6H,1-5H2,(H2,9,11). The van der Waals surface area contributed by atoms with Gasteiger partial charge >= 0.3 is 6.03 Å². The molecule has 1 rings (SSSR count). The van der Waals surface area contributed by atoms with Gasteiger partial charge in [-0.05, 0) is 18.8 Å². The summed E-state index contributed by atoms with van der Waals surface area (Å²) in [5.74, 6) is 0.727. The maximum absolute atomic E-state index is 10.7. The van der Waals surface area contributed by atoms with Gasteiger partial charge in [0.1, 0.15) is 0 Å². The van der Waals surface area contributed by atoms with Crippen LogP contribution in [0.5, 0.6) is 0 Å². The smallest absolute Gasteiger partial charge is 0.314 e. The predicted molar refractivity (Wildman–Crippen MR) is 47.7 cm³/mol. The second kappa shape index (κ2) is 3.95. The van der Waals surface area contributed by atoms with Crippen molar-refractivity contribution in [2.24, 2.45) is 11.7 Å². The molecule has 4 heteroatoms. The van der Waals surface area contributed by atoms with E-state index in [4.69, 9.17) is 5.73 Å². The quantitative estimate of drug-likeness (QED) is 0.664. The molecule has 0 atom stereocenters. The Bertz CT molecular complexity index is 143. The third-order valence-corrected chi connectivity index (χ3v) is 3.06. The van der Waals surface area contributed by atoms with E-state index in [-0.39, 0.29) is 6.03 Å². The molecule has 0 spiro atoms. The normalized spacial score (nSPS) is 20.3. The maximum Gasteiger partial charge on any atom is 0.314 e. The van der Waals surface area contributed by atoms with Crippen LogP contribution in [-0.2, 0) is 0 Å². The highest BCUT2D eigenvalue weighted by molar-refractivity contribution is 9.09. The number of amides is 2. The van der Waals surface area contributed by atoms with Crippen LogP contribution < -0.4 is 5.73 Å². The molecular weight excluding hydrogens is 208 g/mol. The Morgan fingerprint density at radius 2 is 2.09 bits per heavy atom. The van der Waals surface area contributed by atoms with Gasteiger partial charge in [-0.2, -0.15) is 0 Å². The number of likely N-dealkylation sites (tertiary alicyclic amines) is 1. The van der Waals surface area contributed by atoms with Crippen molar-refractivity contribution >= 4 is 22.0 Å². The minimum absolute atomic E-state index is 0.280. The van der Waals surface area contributed by atoms with Gasteiger partial charge in [0.2, 0.25) is 0 Å². The second-order valence-corrected chi connectivity index (χ2v) is 3.57. The Morgan fingerprint density at radius 1 is 1.55 bits per heavy atom. The minimum atomic E-state index is -0.280. The summed E-state index contributed by atoms with van der Waals surface area (Å²) in [6, 6.07) is -0.280. The molecule has 0 radical (unpaired) electrons. The highest BCUT2D eigenvalue weighted by Crippen LogP contribution is 2.18. The molecule has 0 aliphatic carbocycles. The molecule has 0 aromatic heterocycles. The van der Waals surface area contributed by atoms with Gasteiger partial charge in [-0.25, -0.2) is 4.79 Å². The zero-order valence-electron chi connectivity index (χ0n) is 6.42. The number of primary amides is 1. The van der Waals surface area contributed by atoms with Gasteiger partial charge in [0.25, 0.3) is 0 Å². The highest BCUT2D eigenvalue weighted by Gasteiger charge is 2.19. The highest BCUT2D eigenvalue weighted by atomic mass is 79.9. The molecule has 1 aliphatic rings. The SMILES string of the molecule is NC(=O)N1CCC(CBr)CC1. The van der Waals surface area contributed by atoms with Crippen molar-refractivity contribution in [1.29, 1.82) is 0 Å². The first-order chi connectivity index (χ1) is 5.24. The molecule has 11 heavy (non-hydrogen) atoms. The predicted octanol–water partition coefficient (Wildman–Crippen LogP) is 1.17. The number of piperidine rings is 1. The molecule has 0 bridgehead atoms. The van der Waals surface area contributed by atoms with Gasteiger partial charge in [0.15, 0.2) is 0 Å². The van der Waals surface area contributed by atoms with E-state index in [9.17, 15) is 4.79 Å². The molecule has 2 amide bonds. The summed E-state index contributed by atoms with van der Waals surface area (Å²) in [4.78, 5) is 12.4. The van der Waals surface area contributed by atoms with Gasteiger partial charge in [0, 0.05) is 18.4 Å². The van der Waals surface area contributed by atoms with Gasteiger partial charge in [-0.3, -0.25) is 0 Å². The summed E-state index contributed by atoms with van der Waals surface area (Å²) >= 11 is 3.43. The van der Waals surface area contributed by atoms with E-state index in [1.165, 1.54) is 0 Å². The van der Waals surface area contributed by atoms with Crippen molar-refractivity contribution in [1.82, 2.24) is 4.90 Å². The summed E-state index contributed by atoms with van der Waals surface area (Å²) in [5, 5.41) is 1.04. The first-order valence-corrected chi connectivity index (χ1v) is 4.96. The molecule has 0 saturated carbocycles. The number of halogens is 1.